The third-order valence-electron chi connectivity index (χ3n) is 6.79. The van der Waals surface area contributed by atoms with Crippen LogP contribution in [0.5, 0.6) is 0 Å². The fourth-order valence-electron chi connectivity index (χ4n) is 4.75. The van der Waals surface area contributed by atoms with Crippen LogP contribution < -0.4 is 10.6 Å². The summed E-state index contributed by atoms with van der Waals surface area (Å²) in [7, 11) is 0. The number of aromatic nitrogens is 4. The second kappa shape index (κ2) is 13.7. The van der Waals surface area contributed by atoms with E-state index in [9.17, 15) is 9.59 Å². The van der Waals surface area contributed by atoms with E-state index in [1.54, 1.807) is 23.5 Å². The molecule has 6 rings (SSSR count). The second-order valence-corrected chi connectivity index (χ2v) is 12.4. The number of anilines is 2. The number of thioether (sulfide) groups is 2. The van der Waals surface area contributed by atoms with E-state index in [0.29, 0.717) is 5.08 Å². The van der Waals surface area contributed by atoms with Gasteiger partial charge in [0.1, 0.15) is 0 Å². The summed E-state index contributed by atoms with van der Waals surface area (Å²) in [6, 6.07) is 35.7. The largest absolute Gasteiger partial charge is 0.326 e. The summed E-state index contributed by atoms with van der Waals surface area (Å²) in [4.78, 5) is 33.0. The highest BCUT2D eigenvalue weighted by Gasteiger charge is 2.16. The van der Waals surface area contributed by atoms with E-state index >= 15 is 0 Å². The highest BCUT2D eigenvalue weighted by atomic mass is 32.2. The number of hydrogen-bond acceptors (Lipinski definition) is 6. The Morgan fingerprint density at radius 2 is 0.956 bits per heavy atom. The maximum absolute atomic E-state index is 11.5. The van der Waals surface area contributed by atoms with E-state index in [2.05, 4.69) is 44.0 Å². The van der Waals surface area contributed by atoms with E-state index in [4.69, 9.17) is 9.97 Å². The molecule has 45 heavy (non-hydrogen) atoms. The molecule has 2 amide bonds. The predicted molar refractivity (Wildman–Crippen MR) is 183 cm³/mol. The van der Waals surface area contributed by atoms with Gasteiger partial charge in [0.15, 0.2) is 10.3 Å². The van der Waals surface area contributed by atoms with E-state index in [1.807, 2.05) is 97.3 Å². The number of amides is 2. The molecule has 224 valence electrons. The van der Waals surface area contributed by atoms with Gasteiger partial charge in [0.25, 0.3) is 0 Å². The minimum absolute atomic E-state index is 0.109. The molecule has 0 radical (unpaired) electrons. The Bertz CT molecular complexity index is 1780. The first kappa shape index (κ1) is 30.0. The van der Waals surface area contributed by atoms with Gasteiger partial charge in [-0.25, -0.2) is 9.97 Å². The molecule has 0 spiro atoms. The quantitative estimate of drug-likeness (QED) is 0.117. The van der Waals surface area contributed by atoms with Crippen LogP contribution >= 0.6 is 23.5 Å². The highest BCUT2D eigenvalue weighted by molar-refractivity contribution is 8.15. The molecule has 8 nitrogen and oxygen atoms in total. The van der Waals surface area contributed by atoms with Gasteiger partial charge in [-0.2, -0.15) is 0 Å². The lowest BCUT2D eigenvalue weighted by Gasteiger charge is -2.10. The smallest absolute Gasteiger partial charge is 0.221 e. The first-order valence-corrected chi connectivity index (χ1v) is 16.2. The van der Waals surface area contributed by atoms with Crippen molar-refractivity contribution in [3.8, 4) is 33.9 Å². The molecule has 10 heteroatoms. The van der Waals surface area contributed by atoms with Crippen LogP contribution in [0, 0.1) is 0 Å². The zero-order valence-corrected chi connectivity index (χ0v) is 26.3. The molecule has 2 N–H and O–H groups in total. The average molecular weight is 631 g/mol. The normalized spacial score (nSPS) is 10.9. The number of nitrogens with zero attached hydrogens (tertiary/aromatic N) is 4. The lowest BCUT2D eigenvalue weighted by atomic mass is 10.2. The minimum Gasteiger partial charge on any atom is -0.326 e. The van der Waals surface area contributed by atoms with Crippen molar-refractivity contribution in [2.45, 2.75) is 24.2 Å². The Labute approximate surface area is 269 Å². The van der Waals surface area contributed by atoms with Crippen LogP contribution in [0.1, 0.15) is 13.8 Å². The van der Waals surface area contributed by atoms with Crippen molar-refractivity contribution in [3.63, 3.8) is 0 Å². The lowest BCUT2D eigenvalue weighted by molar-refractivity contribution is -0.115. The van der Waals surface area contributed by atoms with Crippen molar-refractivity contribution in [3.05, 3.63) is 122 Å². The number of hydrogen-bond donors (Lipinski definition) is 2. The summed E-state index contributed by atoms with van der Waals surface area (Å²) < 4.78 is 4.15. The molecule has 0 atom stereocenters. The number of benzene rings is 4. The molecular formula is C35H30N6O2S2. The highest BCUT2D eigenvalue weighted by Crippen LogP contribution is 2.34. The van der Waals surface area contributed by atoms with Crippen molar-refractivity contribution in [1.29, 1.82) is 0 Å². The molecule has 0 aliphatic carbocycles. The van der Waals surface area contributed by atoms with Gasteiger partial charge in [-0.1, -0.05) is 84.2 Å². The first-order chi connectivity index (χ1) is 21.9. The van der Waals surface area contributed by atoms with Crippen molar-refractivity contribution in [1.82, 2.24) is 19.1 Å². The monoisotopic (exact) mass is 630 g/mol. The number of rotatable bonds is 10. The minimum atomic E-state index is -0.109. The van der Waals surface area contributed by atoms with Crippen LogP contribution in [0.2, 0.25) is 0 Å². The van der Waals surface area contributed by atoms with Gasteiger partial charge in [-0.05, 0) is 48.5 Å². The Kier molecular flexibility index (Phi) is 9.14. The molecule has 0 unspecified atom stereocenters. The zero-order valence-electron chi connectivity index (χ0n) is 24.7. The second-order valence-electron chi connectivity index (χ2n) is 10.2. The number of carbonyl (C=O) groups excluding carboxylic acids is 2. The van der Waals surface area contributed by atoms with Crippen molar-refractivity contribution < 1.29 is 9.59 Å². The van der Waals surface area contributed by atoms with Gasteiger partial charge >= 0.3 is 0 Å². The van der Waals surface area contributed by atoms with Crippen LogP contribution in [0.3, 0.4) is 0 Å². The molecule has 6 aromatic rings. The standard InChI is InChI=1S/C35H30N6O2S2/c1-24(42)36-28-13-17-30(18-14-28)40-21-32(26-9-5-3-6-10-26)38-34(40)44-23-45-35-39-33(27-11-7-4-8-12-27)22-41(35)31-19-15-29(16-20-31)37-25(2)43/h3-22H,23H2,1-2H3,(H,36,42)(H,37,43). The van der Waals surface area contributed by atoms with Crippen LogP contribution in [0.15, 0.2) is 132 Å². The van der Waals surface area contributed by atoms with Gasteiger partial charge < -0.3 is 10.6 Å². The molecule has 0 saturated carbocycles. The topological polar surface area (TPSA) is 93.8 Å². The van der Waals surface area contributed by atoms with Crippen LogP contribution in [-0.2, 0) is 9.59 Å². The third kappa shape index (κ3) is 7.36. The Morgan fingerprint density at radius 1 is 0.578 bits per heavy atom. The molecule has 2 aromatic heterocycles. The fraction of sp³-hybridized carbons (Fsp3) is 0.0857. The first-order valence-electron chi connectivity index (χ1n) is 14.2. The lowest BCUT2D eigenvalue weighted by Crippen LogP contribution is -2.05. The molecule has 0 fully saturated rings. The Morgan fingerprint density at radius 3 is 1.31 bits per heavy atom. The van der Waals surface area contributed by atoms with Gasteiger partial charge in [-0.3, -0.25) is 18.7 Å². The maximum Gasteiger partial charge on any atom is 0.221 e. The summed E-state index contributed by atoms with van der Waals surface area (Å²) >= 11 is 3.26. The fourth-order valence-corrected chi connectivity index (χ4v) is 6.75. The van der Waals surface area contributed by atoms with Crippen LogP contribution in [0.4, 0.5) is 11.4 Å². The predicted octanol–water partition coefficient (Wildman–Crippen LogP) is 8.15. The summed E-state index contributed by atoms with van der Waals surface area (Å²) in [5.41, 5.74) is 7.19. The van der Waals surface area contributed by atoms with E-state index in [1.165, 1.54) is 13.8 Å². The summed E-state index contributed by atoms with van der Waals surface area (Å²) in [5.74, 6) is -0.218. The van der Waals surface area contributed by atoms with Crippen LogP contribution in [-0.4, -0.2) is 36.0 Å². The molecule has 0 aliphatic heterocycles. The summed E-state index contributed by atoms with van der Waals surface area (Å²) in [6.45, 7) is 2.99. The van der Waals surface area contributed by atoms with E-state index in [-0.39, 0.29) is 11.8 Å². The molecule has 4 aromatic carbocycles. The molecule has 0 aliphatic rings. The van der Waals surface area contributed by atoms with Crippen molar-refractivity contribution >= 4 is 46.7 Å². The summed E-state index contributed by atoms with van der Waals surface area (Å²) in [6.07, 6.45) is 4.08. The molecule has 0 saturated heterocycles. The van der Waals surface area contributed by atoms with Gasteiger partial charge in [0, 0.05) is 60.1 Å². The Hall–Kier alpha value is -5.06. The van der Waals surface area contributed by atoms with E-state index < -0.39 is 0 Å². The molecular weight excluding hydrogens is 601 g/mol. The molecule has 0 bridgehead atoms. The number of nitrogens with one attached hydrogen (secondary N) is 2. The summed E-state index contributed by atoms with van der Waals surface area (Å²) in [5, 5.41) is 7.99. The average Bonchev–Trinajstić information content (AvgIpc) is 3.67. The SMILES string of the molecule is CC(=O)Nc1ccc(-n2cc(-c3ccccc3)nc2SCSc2nc(-c3ccccc3)cn2-c2ccc(NC(C)=O)cc2)cc1. The van der Waals surface area contributed by atoms with E-state index in [0.717, 1.165) is 55.6 Å². The van der Waals surface area contributed by atoms with Gasteiger partial charge in [-0.15, -0.1) is 0 Å². The third-order valence-corrected chi connectivity index (χ3v) is 8.83. The number of carbonyl (C=O) groups is 2. The van der Waals surface area contributed by atoms with Crippen molar-refractivity contribution in [2.24, 2.45) is 0 Å². The zero-order chi connectivity index (χ0) is 31.2. The Balaban J connectivity index is 1.28. The van der Waals surface area contributed by atoms with Crippen LogP contribution in [0.25, 0.3) is 33.9 Å². The van der Waals surface area contributed by atoms with Crippen molar-refractivity contribution in [2.75, 3.05) is 15.7 Å². The maximum atomic E-state index is 11.5. The van der Waals surface area contributed by atoms with Gasteiger partial charge in [0.2, 0.25) is 11.8 Å². The number of imidazole rings is 2. The van der Waals surface area contributed by atoms with Gasteiger partial charge in [0.05, 0.1) is 16.5 Å². The molecule has 2 heterocycles.